The van der Waals surface area contributed by atoms with Crippen LogP contribution in [0.5, 0.6) is 23.0 Å². The highest BCUT2D eigenvalue weighted by Crippen LogP contribution is 2.70. The number of hydrogen-bond acceptors (Lipinski definition) is 8. The van der Waals surface area contributed by atoms with Gasteiger partial charge < -0.3 is 33.9 Å². The molecule has 0 bridgehead atoms. The van der Waals surface area contributed by atoms with Crippen molar-refractivity contribution in [2.75, 3.05) is 28.4 Å². The van der Waals surface area contributed by atoms with E-state index in [4.69, 9.17) is 23.7 Å². The summed E-state index contributed by atoms with van der Waals surface area (Å²) in [5.74, 6) is -1.04. The van der Waals surface area contributed by atoms with Gasteiger partial charge in [0.2, 0.25) is 0 Å². The molecule has 0 amide bonds. The van der Waals surface area contributed by atoms with Gasteiger partial charge in [-0.25, -0.2) is 0 Å². The first kappa shape index (κ1) is 24.0. The second-order valence-corrected chi connectivity index (χ2v) is 8.92. The van der Waals surface area contributed by atoms with E-state index in [2.05, 4.69) is 0 Å². The van der Waals surface area contributed by atoms with Crippen molar-refractivity contribution in [3.05, 3.63) is 83.4 Å². The van der Waals surface area contributed by atoms with Crippen LogP contribution in [0.3, 0.4) is 0 Å². The van der Waals surface area contributed by atoms with Gasteiger partial charge in [0.25, 0.3) is 0 Å². The van der Waals surface area contributed by atoms with Gasteiger partial charge in [-0.15, -0.1) is 0 Å². The number of fused-ring (bicyclic) bond motifs is 3. The van der Waals surface area contributed by atoms with Crippen molar-refractivity contribution in [2.45, 2.75) is 23.2 Å². The molecule has 36 heavy (non-hydrogen) atoms. The number of esters is 1. The third-order valence-corrected chi connectivity index (χ3v) is 7.43. The van der Waals surface area contributed by atoms with Crippen molar-refractivity contribution in [1.29, 1.82) is 0 Å². The third-order valence-electron chi connectivity index (χ3n) is 7.43. The zero-order valence-corrected chi connectivity index (χ0v) is 20.4. The minimum absolute atomic E-state index is 0.237. The standard InChI is InChI=1S/C28H28O8/c1-32-18-12-10-17(11-13-18)28-23(16-8-6-5-7-9-16)22(26(30)35-4)25(29)27(28,31)24-20(34-3)14-19(33-2)15-21(24)36-28/h5-15,22-23,25,29,31H,1-4H3/t22?,23-,25-,27+,28+/m1/s1. The van der Waals surface area contributed by atoms with E-state index in [1.54, 1.807) is 43.5 Å². The predicted molar refractivity (Wildman–Crippen MR) is 129 cm³/mol. The summed E-state index contributed by atoms with van der Waals surface area (Å²) in [5.41, 5.74) is -2.24. The zero-order valence-electron chi connectivity index (χ0n) is 20.4. The monoisotopic (exact) mass is 492 g/mol. The summed E-state index contributed by atoms with van der Waals surface area (Å²) in [6.45, 7) is 0. The molecule has 5 rings (SSSR count). The summed E-state index contributed by atoms with van der Waals surface area (Å²) in [6, 6.07) is 19.5. The first-order chi connectivity index (χ1) is 17.4. The SMILES string of the molecule is COC(=O)C1[C@@H](O)[C@@]2(O)c3c(OC)cc(OC)cc3O[C@@]2(c2ccc(OC)cc2)[C@@H]1c1ccccc1. The molecule has 1 heterocycles. The molecule has 0 saturated heterocycles. The van der Waals surface area contributed by atoms with E-state index < -0.39 is 35.1 Å². The summed E-state index contributed by atoms with van der Waals surface area (Å²) in [7, 11) is 5.79. The van der Waals surface area contributed by atoms with Crippen LogP contribution in [0.4, 0.5) is 0 Å². The van der Waals surface area contributed by atoms with Gasteiger partial charge in [0.05, 0.1) is 39.9 Å². The Morgan fingerprint density at radius 3 is 2.14 bits per heavy atom. The van der Waals surface area contributed by atoms with Crippen LogP contribution in [0.15, 0.2) is 66.7 Å². The molecule has 3 aromatic carbocycles. The highest BCUT2D eigenvalue weighted by molar-refractivity contribution is 5.78. The van der Waals surface area contributed by atoms with Gasteiger partial charge in [0, 0.05) is 18.1 Å². The Kier molecular flexibility index (Phi) is 5.81. The van der Waals surface area contributed by atoms with Crippen molar-refractivity contribution in [3.8, 4) is 23.0 Å². The molecule has 0 spiro atoms. The van der Waals surface area contributed by atoms with Gasteiger partial charge in [-0.1, -0.05) is 42.5 Å². The largest absolute Gasteiger partial charge is 0.497 e. The van der Waals surface area contributed by atoms with Crippen LogP contribution in [0.1, 0.15) is 22.6 Å². The fourth-order valence-electron chi connectivity index (χ4n) is 5.90. The summed E-state index contributed by atoms with van der Waals surface area (Å²) < 4.78 is 28.2. The van der Waals surface area contributed by atoms with E-state index in [1.165, 1.54) is 21.3 Å². The Bertz CT molecular complexity index is 1270. The van der Waals surface area contributed by atoms with E-state index >= 15 is 0 Å². The normalized spacial score (nSPS) is 28.0. The van der Waals surface area contributed by atoms with Gasteiger partial charge in [-0.3, -0.25) is 4.79 Å². The number of ether oxygens (including phenoxy) is 5. The molecule has 5 atom stereocenters. The molecule has 2 N–H and O–H groups in total. The summed E-state index contributed by atoms with van der Waals surface area (Å²) in [5, 5.41) is 24.5. The maximum atomic E-state index is 13.2. The Morgan fingerprint density at radius 1 is 0.889 bits per heavy atom. The maximum Gasteiger partial charge on any atom is 0.312 e. The molecule has 0 aromatic heterocycles. The minimum Gasteiger partial charge on any atom is -0.497 e. The average molecular weight is 493 g/mol. The average Bonchev–Trinajstić information content (AvgIpc) is 3.30. The molecule has 8 nitrogen and oxygen atoms in total. The van der Waals surface area contributed by atoms with Gasteiger partial charge in [-0.2, -0.15) is 0 Å². The lowest BCUT2D eigenvalue weighted by Gasteiger charge is -2.40. The molecule has 1 aliphatic heterocycles. The molecule has 188 valence electrons. The fourth-order valence-corrected chi connectivity index (χ4v) is 5.90. The topological polar surface area (TPSA) is 104 Å². The molecule has 1 aliphatic carbocycles. The summed E-state index contributed by atoms with van der Waals surface area (Å²) >= 11 is 0. The number of benzene rings is 3. The van der Waals surface area contributed by atoms with Crippen LogP contribution in [-0.4, -0.2) is 50.7 Å². The molecule has 0 radical (unpaired) electrons. The molecule has 2 aliphatic rings. The van der Waals surface area contributed by atoms with Crippen LogP contribution in [0.2, 0.25) is 0 Å². The van der Waals surface area contributed by atoms with Crippen molar-refractivity contribution >= 4 is 5.97 Å². The second-order valence-electron chi connectivity index (χ2n) is 8.92. The lowest BCUT2D eigenvalue weighted by molar-refractivity contribution is -0.161. The summed E-state index contributed by atoms with van der Waals surface area (Å²) in [4.78, 5) is 13.2. The Hall–Kier alpha value is -3.75. The predicted octanol–water partition coefficient (Wildman–Crippen LogP) is 3.14. The maximum absolute atomic E-state index is 13.2. The van der Waals surface area contributed by atoms with Crippen molar-refractivity contribution < 1.29 is 38.7 Å². The molecule has 1 fully saturated rings. The number of rotatable bonds is 6. The first-order valence-electron chi connectivity index (χ1n) is 11.5. The third kappa shape index (κ3) is 3.04. The van der Waals surface area contributed by atoms with Gasteiger partial charge in [0.1, 0.15) is 29.1 Å². The minimum atomic E-state index is -2.09. The highest BCUT2D eigenvalue weighted by atomic mass is 16.6. The Balaban J connectivity index is 1.88. The number of methoxy groups -OCH3 is 4. The summed E-state index contributed by atoms with van der Waals surface area (Å²) in [6.07, 6.45) is -1.60. The lowest BCUT2D eigenvalue weighted by atomic mass is 9.70. The Labute approximate surface area is 209 Å². The van der Waals surface area contributed by atoms with Crippen LogP contribution in [0.25, 0.3) is 0 Å². The van der Waals surface area contributed by atoms with E-state index in [0.29, 0.717) is 22.6 Å². The quantitative estimate of drug-likeness (QED) is 0.506. The van der Waals surface area contributed by atoms with Crippen molar-refractivity contribution in [2.24, 2.45) is 5.92 Å². The smallest absolute Gasteiger partial charge is 0.312 e. The molecule has 1 unspecified atom stereocenters. The molecular weight excluding hydrogens is 464 g/mol. The van der Waals surface area contributed by atoms with Crippen LogP contribution >= 0.6 is 0 Å². The van der Waals surface area contributed by atoms with E-state index in [1.807, 2.05) is 30.3 Å². The number of carbonyl (C=O) groups is 1. The van der Waals surface area contributed by atoms with Crippen molar-refractivity contribution in [1.82, 2.24) is 0 Å². The van der Waals surface area contributed by atoms with Gasteiger partial charge in [-0.05, 0) is 23.3 Å². The molecule has 8 heteroatoms. The first-order valence-corrected chi connectivity index (χ1v) is 11.5. The lowest BCUT2D eigenvalue weighted by Crippen LogP contribution is -2.52. The number of carbonyl (C=O) groups excluding carboxylic acids is 1. The van der Waals surface area contributed by atoms with Crippen LogP contribution in [0, 0.1) is 5.92 Å². The number of aliphatic hydroxyl groups is 2. The van der Waals surface area contributed by atoms with E-state index in [9.17, 15) is 15.0 Å². The van der Waals surface area contributed by atoms with Gasteiger partial charge >= 0.3 is 5.97 Å². The number of hydrogen-bond donors (Lipinski definition) is 2. The van der Waals surface area contributed by atoms with Crippen LogP contribution < -0.4 is 18.9 Å². The highest BCUT2D eigenvalue weighted by Gasteiger charge is 2.78. The van der Waals surface area contributed by atoms with Crippen LogP contribution in [-0.2, 0) is 20.7 Å². The molecular formula is C28H28O8. The molecule has 3 aromatic rings. The van der Waals surface area contributed by atoms with Crippen molar-refractivity contribution in [3.63, 3.8) is 0 Å². The Morgan fingerprint density at radius 2 is 1.56 bits per heavy atom. The van der Waals surface area contributed by atoms with E-state index in [-0.39, 0.29) is 17.1 Å². The molecule has 1 saturated carbocycles. The van der Waals surface area contributed by atoms with E-state index in [0.717, 1.165) is 0 Å². The van der Waals surface area contributed by atoms with Gasteiger partial charge in [0.15, 0.2) is 11.2 Å². The fraction of sp³-hybridized carbons (Fsp3) is 0.321. The number of aliphatic hydroxyl groups excluding tert-OH is 1. The zero-order chi connectivity index (χ0) is 25.7. The second kappa shape index (κ2) is 8.72.